The average Bonchev–Trinajstić information content (AvgIpc) is 2.96. The van der Waals surface area contributed by atoms with E-state index in [0.29, 0.717) is 23.5 Å². The predicted molar refractivity (Wildman–Crippen MR) is 107 cm³/mol. The highest BCUT2D eigenvalue weighted by Crippen LogP contribution is 2.66. The second kappa shape index (κ2) is 8.19. The first-order valence-corrected chi connectivity index (χ1v) is 10.3. The lowest BCUT2D eigenvalue weighted by molar-refractivity contribution is -0.657. The van der Waals surface area contributed by atoms with E-state index >= 15 is 0 Å². The van der Waals surface area contributed by atoms with Gasteiger partial charge in [0, 0.05) is 5.69 Å². The van der Waals surface area contributed by atoms with E-state index in [-0.39, 0.29) is 0 Å². The van der Waals surface area contributed by atoms with Gasteiger partial charge in [-0.1, -0.05) is 39.0 Å². The molecular formula is C22H35N2O3+. The second-order valence-corrected chi connectivity index (χ2v) is 8.91. The van der Waals surface area contributed by atoms with Crippen LogP contribution in [0.5, 0.6) is 0 Å². The van der Waals surface area contributed by atoms with Gasteiger partial charge >= 0.3 is 6.09 Å². The molecule has 0 unspecified atom stereocenters. The minimum Gasteiger partial charge on any atom is -0.443 e. The van der Waals surface area contributed by atoms with Crippen molar-refractivity contribution in [2.75, 3.05) is 31.6 Å². The van der Waals surface area contributed by atoms with E-state index in [9.17, 15) is 4.79 Å². The average molecular weight is 376 g/mol. The Kier molecular flexibility index (Phi) is 6.11. The van der Waals surface area contributed by atoms with Gasteiger partial charge in [0.2, 0.25) is 0 Å². The first kappa shape index (κ1) is 20.2. The molecule has 2 fully saturated rings. The Bertz CT molecular complexity index is 661. The molecule has 2 saturated carbocycles. The molecule has 0 aliphatic heterocycles. The Morgan fingerprint density at radius 2 is 1.96 bits per heavy atom. The summed E-state index contributed by atoms with van der Waals surface area (Å²) in [5.41, 5.74) is 2.55. The van der Waals surface area contributed by atoms with Crippen LogP contribution in [0.2, 0.25) is 0 Å². The number of fused-ring (bicyclic) bond motifs is 2. The van der Waals surface area contributed by atoms with Crippen molar-refractivity contribution < 1.29 is 19.6 Å². The summed E-state index contributed by atoms with van der Waals surface area (Å²) in [5, 5.41) is 4.93. The van der Waals surface area contributed by atoms with Crippen molar-refractivity contribution in [1.82, 2.24) is 0 Å². The first-order chi connectivity index (χ1) is 12.8. The van der Waals surface area contributed by atoms with Crippen molar-refractivity contribution in [2.45, 2.75) is 53.1 Å². The molecule has 3 atom stereocenters. The number of amides is 1. The first-order valence-electron chi connectivity index (χ1n) is 10.3. The fourth-order valence-electron chi connectivity index (χ4n) is 4.91. The summed E-state index contributed by atoms with van der Waals surface area (Å²) in [7, 11) is 0. The zero-order valence-corrected chi connectivity index (χ0v) is 17.2. The van der Waals surface area contributed by atoms with Crippen molar-refractivity contribution in [3.63, 3.8) is 0 Å². The molecular weight excluding hydrogens is 340 g/mol. The summed E-state index contributed by atoms with van der Waals surface area (Å²) < 4.78 is 11.5. The number of para-hydroxylation sites is 1. The van der Waals surface area contributed by atoms with Gasteiger partial charge in [-0.3, -0.25) is 5.32 Å². The summed E-state index contributed by atoms with van der Waals surface area (Å²) in [6.07, 6.45) is 3.87. The fraction of sp³-hybridized carbons (Fsp3) is 0.682. The van der Waals surface area contributed by atoms with Gasteiger partial charge in [-0.25, -0.2) is 4.79 Å². The second-order valence-electron chi connectivity index (χ2n) is 8.91. The number of rotatable bonds is 8. The van der Waals surface area contributed by atoms with Gasteiger partial charge in [-0.05, 0) is 54.6 Å². The topological polar surface area (TPSA) is 64.2 Å². The van der Waals surface area contributed by atoms with E-state index in [1.165, 1.54) is 19.3 Å². The molecule has 0 saturated heterocycles. The number of anilines is 1. The molecule has 0 aromatic heterocycles. The Hall–Kier alpha value is -1.59. The normalized spacial score (nSPS) is 28.3. The quantitative estimate of drug-likeness (QED) is 0.685. The molecule has 1 aromatic rings. The number of carbonyl (C=O) groups excluding carboxylic acids is 1. The largest absolute Gasteiger partial charge is 0.443 e. The highest BCUT2D eigenvalue weighted by molar-refractivity contribution is 5.85. The van der Waals surface area contributed by atoms with Crippen LogP contribution in [0.25, 0.3) is 0 Å². The Morgan fingerprint density at radius 3 is 2.63 bits per heavy atom. The molecule has 3 rings (SSSR count). The van der Waals surface area contributed by atoms with Crippen LogP contribution in [0.4, 0.5) is 10.5 Å². The van der Waals surface area contributed by atoms with Gasteiger partial charge in [-0.15, -0.1) is 0 Å². The highest BCUT2D eigenvalue weighted by atomic mass is 16.5. The van der Waals surface area contributed by atoms with E-state index < -0.39 is 6.09 Å². The molecule has 27 heavy (non-hydrogen) atoms. The van der Waals surface area contributed by atoms with Crippen LogP contribution in [0, 0.1) is 23.7 Å². The molecule has 3 N–H and O–H groups in total. The number of quaternary nitrogens is 1. The zero-order chi connectivity index (χ0) is 19.5. The van der Waals surface area contributed by atoms with Crippen LogP contribution in [-0.2, 0) is 9.47 Å². The van der Waals surface area contributed by atoms with Crippen molar-refractivity contribution in [2.24, 2.45) is 16.7 Å². The summed E-state index contributed by atoms with van der Waals surface area (Å²) in [5.74, 6) is 0.816. The van der Waals surface area contributed by atoms with E-state index in [2.05, 4.69) is 31.4 Å². The molecule has 5 nitrogen and oxygen atoms in total. The third kappa shape index (κ3) is 4.14. The SMILES string of the molecule is Cc1ccccc1NC(=O)OCC[NH2+]CCO[C@H]1C[C@H]2CC[C@@]1(C)C2(C)C. The summed E-state index contributed by atoms with van der Waals surface area (Å²) >= 11 is 0. The standard InChI is InChI=1S/C22H34N2O3/c1-16-7-5-6-8-18(16)24-20(25)27-14-12-23-11-13-26-19-15-17-9-10-22(19,4)21(17,2)3/h5-8,17,19,23H,9-15H2,1-4H3,(H,24,25)/p+1/t17-,19+,22-/m1/s1. The Balaban J connectivity index is 1.26. The molecule has 0 radical (unpaired) electrons. The third-order valence-corrected chi connectivity index (χ3v) is 7.29. The summed E-state index contributed by atoms with van der Waals surface area (Å²) in [6, 6.07) is 7.67. The lowest BCUT2D eigenvalue weighted by atomic mass is 9.70. The summed E-state index contributed by atoms with van der Waals surface area (Å²) in [6.45, 7) is 12.0. The van der Waals surface area contributed by atoms with Crippen LogP contribution in [0.1, 0.15) is 45.6 Å². The third-order valence-electron chi connectivity index (χ3n) is 7.29. The van der Waals surface area contributed by atoms with Crippen LogP contribution < -0.4 is 10.6 Å². The van der Waals surface area contributed by atoms with Crippen molar-refractivity contribution in [3.8, 4) is 0 Å². The molecule has 5 heteroatoms. The zero-order valence-electron chi connectivity index (χ0n) is 17.2. The van der Waals surface area contributed by atoms with Gasteiger partial charge in [0.1, 0.15) is 13.2 Å². The lowest BCUT2D eigenvalue weighted by Crippen LogP contribution is -2.86. The lowest BCUT2D eigenvalue weighted by Gasteiger charge is -2.38. The van der Waals surface area contributed by atoms with Gasteiger partial charge in [0.05, 0.1) is 19.3 Å². The monoisotopic (exact) mass is 375 g/mol. The maximum Gasteiger partial charge on any atom is 0.411 e. The molecule has 0 heterocycles. The van der Waals surface area contributed by atoms with Crippen LogP contribution >= 0.6 is 0 Å². The maximum atomic E-state index is 11.8. The summed E-state index contributed by atoms with van der Waals surface area (Å²) in [4.78, 5) is 11.8. The van der Waals surface area contributed by atoms with E-state index in [1.54, 1.807) is 0 Å². The fourth-order valence-corrected chi connectivity index (χ4v) is 4.91. The molecule has 2 aliphatic carbocycles. The Morgan fingerprint density at radius 1 is 1.22 bits per heavy atom. The molecule has 0 spiro atoms. The molecule has 1 amide bonds. The van der Waals surface area contributed by atoms with Gasteiger partial charge in [-0.2, -0.15) is 0 Å². The van der Waals surface area contributed by atoms with Crippen molar-refractivity contribution >= 4 is 11.8 Å². The van der Waals surface area contributed by atoms with E-state index in [1.807, 2.05) is 31.2 Å². The van der Waals surface area contributed by atoms with E-state index in [0.717, 1.165) is 36.9 Å². The molecule has 1 aromatic carbocycles. The number of nitrogens with one attached hydrogen (secondary N) is 1. The van der Waals surface area contributed by atoms with Crippen LogP contribution in [0.15, 0.2) is 24.3 Å². The molecule has 2 bridgehead atoms. The predicted octanol–water partition coefficient (Wildman–Crippen LogP) is 3.34. The van der Waals surface area contributed by atoms with Gasteiger partial charge in [0.25, 0.3) is 0 Å². The van der Waals surface area contributed by atoms with Crippen LogP contribution in [-0.4, -0.2) is 38.5 Å². The maximum absolute atomic E-state index is 11.8. The Labute approximate surface area is 163 Å². The number of hydrogen-bond donors (Lipinski definition) is 2. The van der Waals surface area contributed by atoms with Crippen LogP contribution in [0.3, 0.4) is 0 Å². The van der Waals surface area contributed by atoms with Crippen molar-refractivity contribution in [3.05, 3.63) is 29.8 Å². The molecule has 150 valence electrons. The number of nitrogens with two attached hydrogens (primary N) is 1. The highest BCUT2D eigenvalue weighted by Gasteiger charge is 2.61. The number of benzene rings is 1. The minimum absolute atomic E-state index is 0.328. The number of ether oxygens (including phenoxy) is 2. The van der Waals surface area contributed by atoms with Gasteiger partial charge in [0.15, 0.2) is 0 Å². The number of aryl methyl sites for hydroxylation is 1. The van der Waals surface area contributed by atoms with Gasteiger partial charge < -0.3 is 14.8 Å². The smallest absolute Gasteiger partial charge is 0.411 e. The number of hydrogen-bond acceptors (Lipinski definition) is 3. The molecule has 2 aliphatic rings. The minimum atomic E-state index is -0.397. The number of carbonyl (C=O) groups is 1. The van der Waals surface area contributed by atoms with E-state index in [4.69, 9.17) is 9.47 Å². The van der Waals surface area contributed by atoms with Crippen molar-refractivity contribution in [1.29, 1.82) is 0 Å².